The molecule has 1 rings (SSSR count). The van der Waals surface area contributed by atoms with E-state index < -0.39 is 0 Å². The van der Waals surface area contributed by atoms with E-state index in [4.69, 9.17) is 22.7 Å². The summed E-state index contributed by atoms with van der Waals surface area (Å²) < 4.78 is 5.28. The molecule has 3 N–H and O–H groups in total. The first-order valence-electron chi connectivity index (χ1n) is 5.10. The summed E-state index contributed by atoms with van der Waals surface area (Å²) in [5, 5.41) is 3.11. The average molecular weight is 240 g/mol. The molecule has 0 aliphatic rings. The second kappa shape index (κ2) is 6.34. The van der Waals surface area contributed by atoms with Gasteiger partial charge in [0.05, 0.1) is 6.61 Å². The summed E-state index contributed by atoms with van der Waals surface area (Å²) in [6.45, 7) is 5.25. The van der Waals surface area contributed by atoms with E-state index >= 15 is 0 Å². The van der Waals surface area contributed by atoms with Gasteiger partial charge in [0.1, 0.15) is 10.7 Å². The van der Waals surface area contributed by atoms with Gasteiger partial charge in [-0.05, 0) is 19.9 Å². The molecule has 16 heavy (non-hydrogen) atoms. The van der Waals surface area contributed by atoms with Crippen LogP contribution in [0, 0.1) is 0 Å². The van der Waals surface area contributed by atoms with Crippen molar-refractivity contribution in [1.29, 1.82) is 0 Å². The molecule has 5 nitrogen and oxygen atoms in total. The Morgan fingerprint density at radius 1 is 1.69 bits per heavy atom. The van der Waals surface area contributed by atoms with Gasteiger partial charge < -0.3 is 15.8 Å². The second-order valence-corrected chi connectivity index (χ2v) is 3.77. The molecule has 0 radical (unpaired) electrons. The lowest BCUT2D eigenvalue weighted by Crippen LogP contribution is -2.23. The predicted molar refractivity (Wildman–Crippen MR) is 67.5 cm³/mol. The SMILES string of the molecule is CCOCC(C)Nc1nccc(C(N)=S)n1. The van der Waals surface area contributed by atoms with Gasteiger partial charge in [-0.2, -0.15) is 0 Å². The Kier molecular flexibility index (Phi) is 5.07. The maximum Gasteiger partial charge on any atom is 0.223 e. The second-order valence-electron chi connectivity index (χ2n) is 3.33. The Morgan fingerprint density at radius 2 is 2.44 bits per heavy atom. The smallest absolute Gasteiger partial charge is 0.223 e. The van der Waals surface area contributed by atoms with E-state index in [1.54, 1.807) is 12.3 Å². The number of hydrogen-bond donors (Lipinski definition) is 2. The zero-order valence-electron chi connectivity index (χ0n) is 9.43. The number of hydrogen-bond acceptors (Lipinski definition) is 5. The fourth-order valence-corrected chi connectivity index (χ4v) is 1.24. The molecule has 0 aliphatic heterocycles. The molecule has 6 heteroatoms. The molecular formula is C10H16N4OS. The zero-order chi connectivity index (χ0) is 12.0. The van der Waals surface area contributed by atoms with Gasteiger partial charge >= 0.3 is 0 Å². The van der Waals surface area contributed by atoms with Gasteiger partial charge in [-0.3, -0.25) is 0 Å². The maximum absolute atomic E-state index is 5.48. The predicted octanol–water partition coefficient (Wildman–Crippen LogP) is 0.948. The van der Waals surface area contributed by atoms with Crippen molar-refractivity contribution in [2.45, 2.75) is 19.9 Å². The molecule has 1 unspecified atom stereocenters. The summed E-state index contributed by atoms with van der Waals surface area (Å²) in [5.41, 5.74) is 6.05. The van der Waals surface area contributed by atoms with Crippen LogP contribution in [0.25, 0.3) is 0 Å². The monoisotopic (exact) mass is 240 g/mol. The third-order valence-corrected chi connectivity index (χ3v) is 2.06. The third-order valence-electron chi connectivity index (χ3n) is 1.86. The van der Waals surface area contributed by atoms with Crippen molar-refractivity contribution in [1.82, 2.24) is 9.97 Å². The minimum absolute atomic E-state index is 0.140. The highest BCUT2D eigenvalue weighted by atomic mass is 32.1. The Balaban J connectivity index is 2.59. The van der Waals surface area contributed by atoms with Gasteiger partial charge in [0.2, 0.25) is 5.95 Å². The molecule has 0 bridgehead atoms. The molecule has 1 heterocycles. The number of aromatic nitrogens is 2. The van der Waals surface area contributed by atoms with Crippen LogP contribution in [0.5, 0.6) is 0 Å². The van der Waals surface area contributed by atoms with Crippen molar-refractivity contribution in [3.05, 3.63) is 18.0 Å². The maximum atomic E-state index is 5.48. The van der Waals surface area contributed by atoms with Crippen molar-refractivity contribution >= 4 is 23.2 Å². The highest BCUT2D eigenvalue weighted by molar-refractivity contribution is 7.80. The average Bonchev–Trinajstić information content (AvgIpc) is 2.26. The van der Waals surface area contributed by atoms with Gasteiger partial charge in [-0.15, -0.1) is 0 Å². The van der Waals surface area contributed by atoms with Crippen LogP contribution in [0.4, 0.5) is 5.95 Å². The molecule has 0 aliphatic carbocycles. The van der Waals surface area contributed by atoms with E-state index in [9.17, 15) is 0 Å². The molecule has 0 fully saturated rings. The van der Waals surface area contributed by atoms with Crippen LogP contribution >= 0.6 is 12.2 Å². The van der Waals surface area contributed by atoms with Crippen LogP contribution < -0.4 is 11.1 Å². The van der Waals surface area contributed by atoms with Crippen LogP contribution in [0.15, 0.2) is 12.3 Å². The van der Waals surface area contributed by atoms with Gasteiger partial charge in [0.15, 0.2) is 0 Å². The summed E-state index contributed by atoms with van der Waals surface area (Å²) in [7, 11) is 0. The molecule has 0 spiro atoms. The van der Waals surface area contributed by atoms with Gasteiger partial charge in [-0.25, -0.2) is 9.97 Å². The van der Waals surface area contributed by atoms with E-state index in [1.807, 2.05) is 13.8 Å². The number of anilines is 1. The van der Waals surface area contributed by atoms with Crippen molar-refractivity contribution in [2.75, 3.05) is 18.5 Å². The standard InChI is InChI=1S/C10H16N4OS/c1-3-15-6-7(2)13-10-12-5-4-8(14-10)9(11)16/h4-5,7H,3,6H2,1-2H3,(H2,11,16)(H,12,13,14). The van der Waals surface area contributed by atoms with E-state index in [-0.39, 0.29) is 11.0 Å². The molecule has 1 aromatic rings. The molecule has 0 saturated carbocycles. The van der Waals surface area contributed by atoms with E-state index in [2.05, 4.69) is 15.3 Å². The summed E-state index contributed by atoms with van der Waals surface area (Å²) >= 11 is 4.84. The molecule has 0 amide bonds. The van der Waals surface area contributed by atoms with Gasteiger partial charge in [0.25, 0.3) is 0 Å². The van der Waals surface area contributed by atoms with Crippen molar-refractivity contribution < 1.29 is 4.74 Å². The van der Waals surface area contributed by atoms with Crippen molar-refractivity contribution in [3.63, 3.8) is 0 Å². The number of nitrogens with two attached hydrogens (primary N) is 1. The van der Waals surface area contributed by atoms with Gasteiger partial charge in [0, 0.05) is 18.8 Å². The van der Waals surface area contributed by atoms with Crippen LogP contribution in [0.1, 0.15) is 19.5 Å². The van der Waals surface area contributed by atoms with E-state index in [0.717, 1.165) is 0 Å². The first-order chi connectivity index (χ1) is 7.63. The first-order valence-corrected chi connectivity index (χ1v) is 5.51. The van der Waals surface area contributed by atoms with E-state index in [0.29, 0.717) is 24.9 Å². The Bertz CT molecular complexity index is 358. The topological polar surface area (TPSA) is 73.1 Å². The van der Waals surface area contributed by atoms with Crippen LogP contribution in [-0.4, -0.2) is 34.2 Å². The Hall–Kier alpha value is -1.27. The summed E-state index contributed by atoms with van der Waals surface area (Å²) in [5.74, 6) is 0.512. The van der Waals surface area contributed by atoms with E-state index in [1.165, 1.54) is 0 Å². The summed E-state index contributed by atoms with van der Waals surface area (Å²) in [4.78, 5) is 8.52. The fourth-order valence-electron chi connectivity index (χ4n) is 1.12. The molecule has 1 aromatic heterocycles. The minimum Gasteiger partial charge on any atom is -0.388 e. The molecule has 88 valence electrons. The molecule has 0 saturated heterocycles. The van der Waals surface area contributed by atoms with Crippen LogP contribution in [-0.2, 0) is 4.74 Å². The lowest BCUT2D eigenvalue weighted by atomic mass is 10.3. The highest BCUT2D eigenvalue weighted by Gasteiger charge is 2.05. The number of rotatable bonds is 6. The van der Waals surface area contributed by atoms with Crippen molar-refractivity contribution in [2.24, 2.45) is 5.73 Å². The van der Waals surface area contributed by atoms with Crippen molar-refractivity contribution in [3.8, 4) is 0 Å². The number of nitrogens with one attached hydrogen (secondary N) is 1. The normalized spacial score (nSPS) is 12.1. The summed E-state index contributed by atoms with van der Waals surface area (Å²) in [6, 6.07) is 1.82. The first kappa shape index (κ1) is 12.8. The quantitative estimate of drug-likeness (QED) is 0.721. The molecular weight excluding hydrogens is 224 g/mol. The molecule has 1 atom stereocenters. The number of nitrogens with zero attached hydrogens (tertiary/aromatic N) is 2. The zero-order valence-corrected chi connectivity index (χ0v) is 10.3. The lowest BCUT2D eigenvalue weighted by Gasteiger charge is -2.13. The van der Waals surface area contributed by atoms with Crippen LogP contribution in [0.3, 0.4) is 0 Å². The largest absolute Gasteiger partial charge is 0.388 e. The highest BCUT2D eigenvalue weighted by Crippen LogP contribution is 2.02. The number of ether oxygens (including phenoxy) is 1. The Labute approximate surface area is 100 Å². The minimum atomic E-state index is 0.140. The fraction of sp³-hybridized carbons (Fsp3) is 0.500. The van der Waals surface area contributed by atoms with Gasteiger partial charge in [-0.1, -0.05) is 12.2 Å². The number of thiocarbonyl (C=S) groups is 1. The van der Waals surface area contributed by atoms with Crippen LogP contribution in [0.2, 0.25) is 0 Å². The summed E-state index contributed by atoms with van der Waals surface area (Å²) in [6.07, 6.45) is 1.62. The Morgan fingerprint density at radius 3 is 3.06 bits per heavy atom. The molecule has 0 aromatic carbocycles. The lowest BCUT2D eigenvalue weighted by molar-refractivity contribution is 0.141. The third kappa shape index (κ3) is 4.08.